The molecule has 0 aliphatic rings. The normalized spacial score (nSPS) is 14.1. The highest BCUT2D eigenvalue weighted by atomic mass is 32.1. The van der Waals surface area contributed by atoms with E-state index in [1.807, 2.05) is 20.8 Å². The molecule has 35 heavy (non-hydrogen) atoms. The van der Waals surface area contributed by atoms with Gasteiger partial charge in [-0.05, 0) is 31.6 Å². The van der Waals surface area contributed by atoms with Crippen molar-refractivity contribution in [2.75, 3.05) is 11.9 Å². The number of anilines is 1. The number of nitrogens with two attached hydrogens (primary N) is 1. The summed E-state index contributed by atoms with van der Waals surface area (Å²) in [6.45, 7) is 6.00. The van der Waals surface area contributed by atoms with E-state index in [1.54, 1.807) is 11.6 Å². The van der Waals surface area contributed by atoms with Crippen LogP contribution in [-0.4, -0.2) is 56.9 Å². The lowest BCUT2D eigenvalue weighted by Crippen LogP contribution is -2.43. The molecule has 14 heteroatoms. The van der Waals surface area contributed by atoms with Crippen LogP contribution in [0, 0.1) is 27.9 Å². The summed E-state index contributed by atoms with van der Waals surface area (Å²) in [7, 11) is 0. The molecule has 5 N–H and O–H groups in total. The molecule has 0 aliphatic carbocycles. The van der Waals surface area contributed by atoms with Gasteiger partial charge in [-0.3, -0.25) is 19.6 Å². The van der Waals surface area contributed by atoms with E-state index < -0.39 is 22.9 Å². The maximum atomic E-state index is 13.4. The van der Waals surface area contributed by atoms with Crippen LogP contribution in [-0.2, 0) is 14.4 Å². The molecule has 196 valence electrons. The zero-order valence-corrected chi connectivity index (χ0v) is 21.1. The molecule has 1 aromatic heterocycles. The number of Topliss-reactive ketones (excluding diaryl/α,β-unsaturated/α-hetero) is 1. The molecule has 1 aromatic rings. The third kappa shape index (κ3) is 11.2. The van der Waals surface area contributed by atoms with E-state index in [0.29, 0.717) is 42.3 Å². The first-order valence-corrected chi connectivity index (χ1v) is 12.3. The number of hydrogen-bond donors (Lipinski definition) is 4. The second kappa shape index (κ2) is 15.7. The summed E-state index contributed by atoms with van der Waals surface area (Å²) in [4.78, 5) is 52.1. The summed E-state index contributed by atoms with van der Waals surface area (Å²) in [5, 5.41) is 30.5. The van der Waals surface area contributed by atoms with Crippen molar-refractivity contribution in [3.63, 3.8) is 0 Å². The lowest BCUT2D eigenvalue weighted by Gasteiger charge is -2.31. The number of carbonyl (C=O) groups excluding carboxylic acids is 3. The maximum Gasteiger partial charge on any atom is 0.266 e. The van der Waals surface area contributed by atoms with Gasteiger partial charge in [0, 0.05) is 36.4 Å². The predicted molar refractivity (Wildman–Crippen MR) is 131 cm³/mol. The molecule has 2 amide bonds. The van der Waals surface area contributed by atoms with Gasteiger partial charge in [-0.2, -0.15) is 0 Å². The quantitative estimate of drug-likeness (QED) is 0.0459. The van der Waals surface area contributed by atoms with E-state index in [2.05, 4.69) is 20.7 Å². The summed E-state index contributed by atoms with van der Waals surface area (Å²) >= 11 is 1.24. The average molecular weight is 514 g/mol. The number of ketones is 1. The number of carbonyl (C=O) groups is 3. The molecular weight excluding hydrogens is 478 g/mol. The van der Waals surface area contributed by atoms with Gasteiger partial charge in [0.1, 0.15) is 10.9 Å². The van der Waals surface area contributed by atoms with Crippen molar-refractivity contribution in [1.29, 1.82) is 0 Å². The Morgan fingerprint density at radius 2 is 2.11 bits per heavy atom. The first-order chi connectivity index (χ1) is 16.6. The number of thiazole rings is 1. The summed E-state index contributed by atoms with van der Waals surface area (Å²) < 4.78 is 0. The van der Waals surface area contributed by atoms with Crippen LogP contribution in [0.25, 0.3) is 0 Å². The number of guanidine groups is 1. The van der Waals surface area contributed by atoms with Crippen LogP contribution in [0.5, 0.6) is 0 Å². The zero-order chi connectivity index (χ0) is 26.4. The van der Waals surface area contributed by atoms with E-state index in [-0.39, 0.29) is 43.0 Å². The van der Waals surface area contributed by atoms with Crippen molar-refractivity contribution < 1.29 is 24.6 Å². The van der Waals surface area contributed by atoms with Crippen molar-refractivity contribution in [2.24, 2.45) is 28.6 Å². The summed E-state index contributed by atoms with van der Waals surface area (Å²) in [5.41, 5.74) is 5.41. The van der Waals surface area contributed by atoms with Crippen molar-refractivity contribution in [3.8, 4) is 0 Å². The van der Waals surface area contributed by atoms with Crippen molar-refractivity contribution in [1.82, 2.24) is 15.4 Å². The van der Waals surface area contributed by atoms with Gasteiger partial charge < -0.3 is 16.4 Å². The number of amides is 2. The number of nitrogens with one attached hydrogen (secondary N) is 2. The summed E-state index contributed by atoms with van der Waals surface area (Å²) in [6.07, 6.45) is 3.96. The highest BCUT2D eigenvalue weighted by Gasteiger charge is 2.34. The lowest BCUT2D eigenvalue weighted by atomic mass is 9.81. The third-order valence-electron chi connectivity index (χ3n) is 5.34. The second-order valence-corrected chi connectivity index (χ2v) is 9.46. The lowest BCUT2D eigenvalue weighted by molar-refractivity contribution is -0.485. The predicted octanol–water partition coefficient (Wildman–Crippen LogP) is 2.21. The Morgan fingerprint density at radius 3 is 2.66 bits per heavy atom. The Hall–Kier alpha value is -3.13. The average Bonchev–Trinajstić information content (AvgIpc) is 3.29. The fourth-order valence-electron chi connectivity index (χ4n) is 3.80. The van der Waals surface area contributed by atoms with Gasteiger partial charge in [0.25, 0.3) is 5.96 Å². The molecule has 0 aliphatic heterocycles. The van der Waals surface area contributed by atoms with Gasteiger partial charge in [-0.15, -0.1) is 11.3 Å². The molecule has 0 fully saturated rings. The van der Waals surface area contributed by atoms with Crippen LogP contribution in [0.4, 0.5) is 5.13 Å². The number of hydrogen-bond acceptors (Lipinski definition) is 8. The standard InChI is InChI=1S/C21H35N7O6S/c1-4-6-17(27(32)13-29)16(11-14(2)3)18(30)12-15(19(31)25-21-24-9-10-35-21)7-5-8-23-20(22)26-28(33)34/h9-10,13-17,32H,4-8,11-12H2,1-3H3,(H3,22,23,26)(H,24,25,31)/t15-,16-,17+/m1/s1. The number of nitrogens with zero attached hydrogens (tertiary/aromatic N) is 4. The smallest absolute Gasteiger partial charge is 0.266 e. The molecule has 0 unspecified atom stereocenters. The second-order valence-electron chi connectivity index (χ2n) is 8.56. The first kappa shape index (κ1) is 29.9. The number of hydrazone groups is 1. The zero-order valence-electron chi connectivity index (χ0n) is 20.3. The van der Waals surface area contributed by atoms with Crippen LogP contribution >= 0.6 is 11.3 Å². The molecule has 3 atom stereocenters. The summed E-state index contributed by atoms with van der Waals surface area (Å²) in [5.74, 6) is -2.19. The monoisotopic (exact) mass is 513 g/mol. The molecule has 1 rings (SSSR count). The molecule has 0 spiro atoms. The van der Waals surface area contributed by atoms with E-state index in [0.717, 1.165) is 0 Å². The third-order valence-corrected chi connectivity index (χ3v) is 6.03. The molecule has 0 bridgehead atoms. The van der Waals surface area contributed by atoms with Gasteiger partial charge in [-0.25, -0.2) is 20.2 Å². The van der Waals surface area contributed by atoms with E-state index in [9.17, 15) is 29.7 Å². The summed E-state index contributed by atoms with van der Waals surface area (Å²) in [6, 6.07) is -0.685. The Labute approximate surface area is 208 Å². The molecule has 0 saturated heterocycles. The maximum absolute atomic E-state index is 13.4. The van der Waals surface area contributed by atoms with E-state index >= 15 is 0 Å². The van der Waals surface area contributed by atoms with Crippen LogP contribution in [0.1, 0.15) is 59.3 Å². The van der Waals surface area contributed by atoms with Crippen molar-refractivity contribution in [3.05, 3.63) is 21.7 Å². The van der Waals surface area contributed by atoms with Gasteiger partial charge in [0.15, 0.2) is 10.2 Å². The number of rotatable bonds is 17. The Balaban J connectivity index is 3.00. The van der Waals surface area contributed by atoms with Gasteiger partial charge in [0.2, 0.25) is 12.3 Å². The highest BCUT2D eigenvalue weighted by Crippen LogP contribution is 2.27. The van der Waals surface area contributed by atoms with Crippen molar-refractivity contribution in [2.45, 2.75) is 65.3 Å². The van der Waals surface area contributed by atoms with Crippen LogP contribution in [0.2, 0.25) is 0 Å². The van der Waals surface area contributed by atoms with Gasteiger partial charge in [0.05, 0.1) is 6.04 Å². The Morgan fingerprint density at radius 1 is 1.40 bits per heavy atom. The van der Waals surface area contributed by atoms with Crippen molar-refractivity contribution >= 4 is 40.5 Å². The highest BCUT2D eigenvalue weighted by molar-refractivity contribution is 7.13. The van der Waals surface area contributed by atoms with Crippen LogP contribution < -0.4 is 16.4 Å². The fourth-order valence-corrected chi connectivity index (χ4v) is 4.34. The van der Waals surface area contributed by atoms with Gasteiger partial charge >= 0.3 is 0 Å². The fraction of sp³-hybridized carbons (Fsp3) is 0.667. The van der Waals surface area contributed by atoms with E-state index in [4.69, 9.17) is 5.73 Å². The minimum absolute atomic E-state index is 0.0972. The molecular formula is C21H35N7O6S. The molecule has 0 aromatic carbocycles. The Bertz CT molecular complexity index is 849. The minimum Gasteiger partial charge on any atom is -0.365 e. The first-order valence-electron chi connectivity index (χ1n) is 11.5. The molecule has 1 heterocycles. The molecule has 0 radical (unpaired) electrons. The van der Waals surface area contributed by atoms with Gasteiger partial charge in [-0.1, -0.05) is 27.2 Å². The Kier molecular flexibility index (Phi) is 13.4. The largest absolute Gasteiger partial charge is 0.365 e. The SMILES string of the molecule is CCC[C@@H]([C@@H](CC(C)C)C(=O)C[C@@H](CCCN/C(N)=N/[N+](=O)[O-])C(=O)Nc1nccs1)N(O)C=O. The molecule has 13 nitrogen and oxygen atoms in total. The minimum atomic E-state index is -0.920. The van der Waals surface area contributed by atoms with Crippen LogP contribution in [0.15, 0.2) is 16.7 Å². The number of aromatic nitrogens is 1. The number of hydroxylamine groups is 2. The van der Waals surface area contributed by atoms with E-state index in [1.165, 1.54) is 11.3 Å². The van der Waals surface area contributed by atoms with Crippen LogP contribution in [0.3, 0.4) is 0 Å². The number of nitro groups is 1. The topological polar surface area (TPSA) is 193 Å². The molecule has 0 saturated carbocycles.